The van der Waals surface area contributed by atoms with Gasteiger partial charge in [-0.25, -0.2) is 0 Å². The number of hydrogen-bond donors (Lipinski definition) is 0. The van der Waals surface area contributed by atoms with E-state index in [1.54, 1.807) is 0 Å². The quantitative estimate of drug-likeness (QED) is 0.124. The van der Waals surface area contributed by atoms with Crippen LogP contribution < -0.4 is 0 Å². The van der Waals surface area contributed by atoms with Crippen LogP contribution in [0.1, 0.15) is 156 Å². The van der Waals surface area contributed by atoms with Gasteiger partial charge in [0.05, 0.1) is 0 Å². The average Bonchev–Trinajstić information content (AvgIpc) is 2.66. The van der Waals surface area contributed by atoms with Gasteiger partial charge in [-0.15, -0.1) is 21.6 Å². The Hall–Kier alpha value is 0.720. The molecule has 0 aliphatic carbocycles. The first-order valence-electron chi connectivity index (χ1n) is 12.9. The molecule has 0 fully saturated rings. The van der Waals surface area contributed by atoms with Crippen LogP contribution in [0.3, 0.4) is 0 Å². The maximum Gasteiger partial charge on any atom is -0.0122 e. The largest absolute Gasteiger partial charge is 0.147 e. The van der Waals surface area contributed by atoms with Gasteiger partial charge >= 0.3 is 0 Å². The van der Waals surface area contributed by atoms with E-state index in [-0.39, 0.29) is 12.4 Å². The van der Waals surface area contributed by atoms with Crippen molar-refractivity contribution in [3.8, 4) is 0 Å². The summed E-state index contributed by atoms with van der Waals surface area (Å²) in [5.41, 5.74) is 0. The van der Waals surface area contributed by atoms with Crippen molar-refractivity contribution in [1.82, 2.24) is 0 Å². The minimum Gasteiger partial charge on any atom is -0.147 e. The van der Waals surface area contributed by atoms with Gasteiger partial charge in [-0.3, -0.25) is 0 Å². The molecule has 28 heavy (non-hydrogen) atoms. The molecule has 0 aromatic carbocycles. The Morgan fingerprint density at radius 3 is 1.29 bits per heavy atom. The Labute approximate surface area is 188 Å². The molecule has 2 heteroatoms. The van der Waals surface area contributed by atoms with Crippen LogP contribution in [0.5, 0.6) is 0 Å². The van der Waals surface area contributed by atoms with Crippen LogP contribution in [0.15, 0.2) is 0 Å². The lowest BCUT2D eigenvalue weighted by molar-refractivity contribution is 0.274. The standard InChI is InChI=1S/C26H55P.ClH/c1-5-9-12-15-18-22-25(21-8-4)26(27,23-19-16-13-10-6-2)24-20-17-14-11-7-3;/h25H,5-24,27H2,1-4H3;1H. The van der Waals surface area contributed by atoms with Gasteiger partial charge in [0.1, 0.15) is 0 Å². The van der Waals surface area contributed by atoms with Crippen molar-refractivity contribution in [2.75, 3.05) is 0 Å². The van der Waals surface area contributed by atoms with E-state index in [0.29, 0.717) is 5.16 Å². The lowest BCUT2D eigenvalue weighted by Crippen LogP contribution is -2.32. The number of rotatable bonds is 21. The summed E-state index contributed by atoms with van der Waals surface area (Å²) in [4.78, 5) is 0. The Kier molecular flexibility index (Phi) is 24.7. The van der Waals surface area contributed by atoms with Crippen LogP contribution >= 0.6 is 21.6 Å². The van der Waals surface area contributed by atoms with Crippen molar-refractivity contribution in [2.24, 2.45) is 5.92 Å². The third kappa shape index (κ3) is 16.5. The molecule has 0 amide bonds. The van der Waals surface area contributed by atoms with Crippen LogP contribution in [0, 0.1) is 5.92 Å². The van der Waals surface area contributed by atoms with Gasteiger partial charge in [-0.05, 0) is 36.8 Å². The third-order valence-electron chi connectivity index (χ3n) is 6.60. The number of halogens is 1. The smallest absolute Gasteiger partial charge is 0.0122 e. The molecular formula is C26H56ClP. The molecule has 0 aromatic rings. The Balaban J connectivity index is 0. The van der Waals surface area contributed by atoms with Crippen LogP contribution in [0.2, 0.25) is 0 Å². The van der Waals surface area contributed by atoms with Crippen molar-refractivity contribution in [1.29, 1.82) is 0 Å². The Morgan fingerprint density at radius 1 is 0.500 bits per heavy atom. The van der Waals surface area contributed by atoms with Gasteiger partial charge < -0.3 is 0 Å². The molecule has 0 aromatic heterocycles. The molecule has 172 valence electrons. The Bertz CT molecular complexity index is 278. The van der Waals surface area contributed by atoms with Crippen molar-refractivity contribution >= 4 is 21.6 Å². The van der Waals surface area contributed by atoms with E-state index in [4.69, 9.17) is 0 Å². The molecule has 0 radical (unpaired) electrons. The highest BCUT2D eigenvalue weighted by Gasteiger charge is 2.32. The second-order valence-electron chi connectivity index (χ2n) is 9.25. The van der Waals surface area contributed by atoms with Gasteiger partial charge in [0, 0.05) is 0 Å². The van der Waals surface area contributed by atoms with Crippen molar-refractivity contribution in [3.63, 3.8) is 0 Å². The summed E-state index contributed by atoms with van der Waals surface area (Å²) in [6, 6.07) is 0. The number of unbranched alkanes of at least 4 members (excludes halogenated alkanes) is 12. The normalized spacial score (nSPS) is 12.8. The minimum absolute atomic E-state index is 0. The monoisotopic (exact) mass is 434 g/mol. The maximum atomic E-state index is 3.43. The molecule has 0 aliphatic heterocycles. The van der Waals surface area contributed by atoms with E-state index in [1.807, 2.05) is 0 Å². The topological polar surface area (TPSA) is 0 Å². The first-order valence-corrected chi connectivity index (χ1v) is 13.5. The maximum absolute atomic E-state index is 3.43. The van der Waals surface area contributed by atoms with Gasteiger partial charge in [0.2, 0.25) is 0 Å². The lowest BCUT2D eigenvalue weighted by atomic mass is 9.77. The lowest BCUT2D eigenvalue weighted by Gasteiger charge is -2.39. The van der Waals surface area contributed by atoms with Gasteiger partial charge in [0.25, 0.3) is 0 Å². The second kappa shape index (κ2) is 22.4. The molecule has 0 spiro atoms. The number of hydrogen-bond acceptors (Lipinski definition) is 0. The molecule has 0 rings (SSSR count). The molecule has 2 unspecified atom stereocenters. The van der Waals surface area contributed by atoms with Gasteiger partial charge in [-0.2, -0.15) is 0 Å². The first kappa shape index (κ1) is 30.9. The Morgan fingerprint density at radius 2 is 0.893 bits per heavy atom. The zero-order valence-corrected chi connectivity index (χ0v) is 22.2. The highest BCUT2D eigenvalue weighted by atomic mass is 35.5. The SMILES string of the molecule is CCCCCCCC(CCC)C(P)(CCCCCCC)CCCCCCC.Cl. The van der Waals surface area contributed by atoms with E-state index in [9.17, 15) is 0 Å². The molecule has 0 saturated carbocycles. The molecule has 0 heterocycles. The van der Waals surface area contributed by atoms with E-state index in [1.165, 1.54) is 128 Å². The summed E-state index contributed by atoms with van der Waals surface area (Å²) in [7, 11) is 3.43. The zero-order chi connectivity index (χ0) is 20.2. The molecule has 0 aliphatic rings. The molecule has 0 saturated heterocycles. The summed E-state index contributed by atoms with van der Waals surface area (Å²) in [5, 5.41) is 0.527. The highest BCUT2D eigenvalue weighted by molar-refractivity contribution is 7.19. The van der Waals surface area contributed by atoms with E-state index < -0.39 is 0 Å². The van der Waals surface area contributed by atoms with E-state index >= 15 is 0 Å². The first-order chi connectivity index (χ1) is 13.1. The summed E-state index contributed by atoms with van der Waals surface area (Å²) in [6.07, 6.45) is 28.6. The summed E-state index contributed by atoms with van der Waals surface area (Å²) in [5.74, 6) is 0.937. The fourth-order valence-electron chi connectivity index (χ4n) is 4.71. The molecule has 0 nitrogen and oxygen atoms in total. The molecule has 2 atom stereocenters. The highest BCUT2D eigenvalue weighted by Crippen LogP contribution is 2.43. The van der Waals surface area contributed by atoms with Crippen LogP contribution in [-0.2, 0) is 0 Å². The summed E-state index contributed by atoms with van der Waals surface area (Å²) in [6.45, 7) is 9.38. The van der Waals surface area contributed by atoms with Crippen LogP contribution in [0.4, 0.5) is 0 Å². The molecular weight excluding hydrogens is 379 g/mol. The molecule has 0 N–H and O–H groups in total. The predicted octanol–water partition coefficient (Wildman–Crippen LogP) is 10.5. The van der Waals surface area contributed by atoms with E-state index in [2.05, 4.69) is 36.9 Å². The van der Waals surface area contributed by atoms with Gasteiger partial charge in [-0.1, -0.05) is 130 Å². The summed E-state index contributed by atoms with van der Waals surface area (Å²) >= 11 is 0. The van der Waals surface area contributed by atoms with Crippen molar-refractivity contribution in [3.05, 3.63) is 0 Å². The summed E-state index contributed by atoms with van der Waals surface area (Å²) < 4.78 is 0. The van der Waals surface area contributed by atoms with E-state index in [0.717, 1.165) is 5.92 Å². The fourth-order valence-corrected chi connectivity index (χ4v) is 5.45. The molecule has 0 bridgehead atoms. The van der Waals surface area contributed by atoms with Crippen molar-refractivity contribution < 1.29 is 0 Å². The fraction of sp³-hybridized carbons (Fsp3) is 1.00. The van der Waals surface area contributed by atoms with Crippen LogP contribution in [0.25, 0.3) is 0 Å². The van der Waals surface area contributed by atoms with Crippen molar-refractivity contribution in [2.45, 2.75) is 161 Å². The third-order valence-corrected chi connectivity index (χ3v) is 7.65. The minimum atomic E-state index is 0. The zero-order valence-electron chi connectivity index (χ0n) is 20.2. The van der Waals surface area contributed by atoms with Gasteiger partial charge in [0.15, 0.2) is 0 Å². The average molecular weight is 435 g/mol. The second-order valence-corrected chi connectivity index (χ2v) is 10.4. The van der Waals surface area contributed by atoms with Crippen LogP contribution in [-0.4, -0.2) is 5.16 Å². The predicted molar refractivity (Wildman–Crippen MR) is 138 cm³/mol.